The minimum absolute atomic E-state index is 0.0423. The van der Waals surface area contributed by atoms with Crippen molar-refractivity contribution in [1.29, 1.82) is 0 Å². The van der Waals surface area contributed by atoms with Gasteiger partial charge in [0.2, 0.25) is 11.2 Å². The molecule has 2 aromatic carbocycles. The van der Waals surface area contributed by atoms with E-state index in [0.29, 0.717) is 11.5 Å². The molecule has 0 amide bonds. The minimum atomic E-state index is -0.694. The zero-order chi connectivity index (χ0) is 19.6. The van der Waals surface area contributed by atoms with Gasteiger partial charge >= 0.3 is 5.97 Å². The van der Waals surface area contributed by atoms with Crippen LogP contribution in [0.15, 0.2) is 51.7 Å². The first-order valence-corrected chi connectivity index (χ1v) is 8.42. The van der Waals surface area contributed by atoms with Crippen LogP contribution in [-0.4, -0.2) is 25.3 Å². The summed E-state index contributed by atoms with van der Waals surface area (Å²) in [7, 11) is 2.87. The highest BCUT2D eigenvalue weighted by atomic mass is 16.5. The second-order valence-electron chi connectivity index (χ2n) is 6.17. The molecule has 0 saturated heterocycles. The molecule has 0 fully saturated rings. The molecular formula is C21H20O6. The monoisotopic (exact) mass is 368 g/mol. The van der Waals surface area contributed by atoms with Crippen molar-refractivity contribution >= 4 is 16.7 Å². The van der Waals surface area contributed by atoms with Crippen molar-refractivity contribution in [2.24, 2.45) is 0 Å². The number of benzene rings is 2. The number of esters is 1. The van der Waals surface area contributed by atoms with Gasteiger partial charge in [0.1, 0.15) is 11.5 Å². The number of rotatable bonds is 5. The number of ether oxygens (including phenoxy) is 2. The first kappa shape index (κ1) is 18.5. The standard InChI is InChI=1S/C21H20O6/c1-12-10-17(22)20(24)21(27-12)16(11-19(23)26-3)14-8-9-18(25-2)15-7-5-4-6-13(14)15/h4-10,16,24H,11H2,1-3H3/t16-/m1/s1. The Labute approximate surface area is 156 Å². The minimum Gasteiger partial charge on any atom is -0.502 e. The van der Waals surface area contributed by atoms with Gasteiger partial charge in [0.15, 0.2) is 5.76 Å². The summed E-state index contributed by atoms with van der Waals surface area (Å²) in [5.74, 6) is -0.610. The smallest absolute Gasteiger partial charge is 0.306 e. The molecule has 0 saturated carbocycles. The molecule has 0 bridgehead atoms. The van der Waals surface area contributed by atoms with Crippen LogP contribution < -0.4 is 10.2 Å². The predicted octanol–water partition coefficient (Wildman–Crippen LogP) is 3.51. The van der Waals surface area contributed by atoms with Gasteiger partial charge in [-0.15, -0.1) is 0 Å². The van der Waals surface area contributed by atoms with E-state index < -0.39 is 23.1 Å². The Hall–Kier alpha value is -3.28. The molecular weight excluding hydrogens is 348 g/mol. The van der Waals surface area contributed by atoms with Crippen LogP contribution in [0.4, 0.5) is 0 Å². The molecule has 6 heteroatoms. The Morgan fingerprint density at radius 3 is 2.52 bits per heavy atom. The van der Waals surface area contributed by atoms with Gasteiger partial charge in [0.25, 0.3) is 0 Å². The number of carbonyl (C=O) groups excluding carboxylic acids is 1. The third-order valence-electron chi connectivity index (χ3n) is 4.50. The molecule has 27 heavy (non-hydrogen) atoms. The number of aryl methyl sites for hydroxylation is 1. The van der Waals surface area contributed by atoms with Crippen molar-refractivity contribution in [2.75, 3.05) is 14.2 Å². The summed E-state index contributed by atoms with van der Waals surface area (Å²) in [6.07, 6.45) is -0.0905. The van der Waals surface area contributed by atoms with Crippen molar-refractivity contribution in [3.63, 3.8) is 0 Å². The summed E-state index contributed by atoms with van der Waals surface area (Å²) in [6, 6.07) is 12.3. The fraction of sp³-hybridized carbons (Fsp3) is 0.238. The largest absolute Gasteiger partial charge is 0.502 e. The number of hydrogen-bond donors (Lipinski definition) is 1. The molecule has 0 aliphatic heterocycles. The van der Waals surface area contributed by atoms with E-state index in [1.165, 1.54) is 13.2 Å². The summed E-state index contributed by atoms with van der Waals surface area (Å²) in [5.41, 5.74) is 0.169. The highest BCUT2D eigenvalue weighted by Gasteiger charge is 2.28. The van der Waals surface area contributed by atoms with E-state index >= 15 is 0 Å². The zero-order valence-electron chi connectivity index (χ0n) is 15.3. The van der Waals surface area contributed by atoms with E-state index in [1.807, 2.05) is 24.3 Å². The Morgan fingerprint density at radius 2 is 1.85 bits per heavy atom. The zero-order valence-corrected chi connectivity index (χ0v) is 15.3. The Balaban J connectivity index is 2.29. The maximum atomic E-state index is 12.1. The molecule has 1 atom stereocenters. The molecule has 0 unspecified atom stereocenters. The van der Waals surface area contributed by atoms with Gasteiger partial charge in [0.05, 0.1) is 26.6 Å². The summed E-state index contributed by atoms with van der Waals surface area (Å²) in [6.45, 7) is 1.62. The Morgan fingerprint density at radius 1 is 1.15 bits per heavy atom. The molecule has 3 aromatic rings. The molecule has 0 radical (unpaired) electrons. The number of hydrogen-bond acceptors (Lipinski definition) is 6. The number of methoxy groups -OCH3 is 2. The van der Waals surface area contributed by atoms with Crippen molar-refractivity contribution in [1.82, 2.24) is 0 Å². The van der Waals surface area contributed by atoms with Crippen molar-refractivity contribution in [3.05, 3.63) is 69.8 Å². The van der Waals surface area contributed by atoms with Crippen molar-refractivity contribution in [3.8, 4) is 11.5 Å². The normalized spacial score (nSPS) is 12.0. The van der Waals surface area contributed by atoms with E-state index in [1.54, 1.807) is 26.2 Å². The van der Waals surface area contributed by atoms with E-state index in [-0.39, 0.29) is 12.2 Å². The van der Waals surface area contributed by atoms with Gasteiger partial charge in [-0.05, 0) is 23.9 Å². The van der Waals surface area contributed by atoms with Crippen molar-refractivity contribution < 1.29 is 23.8 Å². The van der Waals surface area contributed by atoms with Gasteiger partial charge in [0, 0.05) is 11.5 Å². The quantitative estimate of drug-likeness (QED) is 0.694. The fourth-order valence-electron chi connectivity index (χ4n) is 3.23. The van der Waals surface area contributed by atoms with Gasteiger partial charge in [-0.3, -0.25) is 9.59 Å². The summed E-state index contributed by atoms with van der Waals surface area (Å²) in [4.78, 5) is 24.1. The third kappa shape index (κ3) is 3.51. The van der Waals surface area contributed by atoms with Gasteiger partial charge in [-0.1, -0.05) is 30.3 Å². The van der Waals surface area contributed by atoms with E-state index in [9.17, 15) is 14.7 Å². The third-order valence-corrected chi connectivity index (χ3v) is 4.50. The Kier molecular flexibility index (Phi) is 5.16. The first-order chi connectivity index (χ1) is 13.0. The molecule has 3 rings (SSSR count). The van der Waals surface area contributed by atoms with Gasteiger partial charge in [-0.25, -0.2) is 0 Å². The number of fused-ring (bicyclic) bond motifs is 1. The van der Waals surface area contributed by atoms with E-state index in [4.69, 9.17) is 13.9 Å². The van der Waals surface area contributed by atoms with Gasteiger partial charge < -0.3 is 19.0 Å². The molecule has 0 aliphatic rings. The maximum absolute atomic E-state index is 12.1. The molecule has 0 spiro atoms. The van der Waals surface area contributed by atoms with Crippen molar-refractivity contribution in [2.45, 2.75) is 19.3 Å². The SMILES string of the molecule is COC(=O)C[C@@H](c1oc(C)cc(=O)c1O)c1ccc(OC)c2ccccc12. The van der Waals surface area contributed by atoms with Crippen LogP contribution in [0.5, 0.6) is 11.5 Å². The molecule has 1 heterocycles. The van der Waals surface area contributed by atoms with E-state index in [0.717, 1.165) is 16.3 Å². The van der Waals surface area contributed by atoms with Crippen LogP contribution in [0.3, 0.4) is 0 Å². The lowest BCUT2D eigenvalue weighted by molar-refractivity contribution is -0.140. The number of aromatic hydroxyl groups is 1. The lowest BCUT2D eigenvalue weighted by Gasteiger charge is -2.20. The van der Waals surface area contributed by atoms with E-state index in [2.05, 4.69) is 0 Å². The second kappa shape index (κ2) is 7.53. The molecule has 0 aliphatic carbocycles. The average molecular weight is 368 g/mol. The van der Waals surface area contributed by atoms with Crippen LogP contribution in [0.25, 0.3) is 10.8 Å². The van der Waals surface area contributed by atoms with Crippen LogP contribution in [0, 0.1) is 6.92 Å². The maximum Gasteiger partial charge on any atom is 0.306 e. The molecule has 140 valence electrons. The summed E-state index contributed by atoms with van der Waals surface area (Å²) < 4.78 is 15.9. The number of carbonyl (C=O) groups is 1. The fourth-order valence-corrected chi connectivity index (χ4v) is 3.23. The summed E-state index contributed by atoms with van der Waals surface area (Å²) in [5, 5.41) is 12.0. The first-order valence-electron chi connectivity index (χ1n) is 8.42. The topological polar surface area (TPSA) is 86.0 Å². The lowest BCUT2D eigenvalue weighted by Crippen LogP contribution is -2.14. The second-order valence-corrected chi connectivity index (χ2v) is 6.17. The van der Waals surface area contributed by atoms with Crippen LogP contribution in [-0.2, 0) is 9.53 Å². The van der Waals surface area contributed by atoms with Crippen LogP contribution in [0.2, 0.25) is 0 Å². The Bertz CT molecular complexity index is 1050. The highest BCUT2D eigenvalue weighted by Crippen LogP contribution is 2.39. The predicted molar refractivity (Wildman–Crippen MR) is 100 cm³/mol. The molecule has 1 N–H and O–H groups in total. The lowest BCUT2D eigenvalue weighted by atomic mass is 9.88. The highest BCUT2D eigenvalue weighted by molar-refractivity contribution is 5.92. The van der Waals surface area contributed by atoms with Gasteiger partial charge in [-0.2, -0.15) is 0 Å². The summed E-state index contributed by atoms with van der Waals surface area (Å²) >= 11 is 0. The van der Waals surface area contributed by atoms with Crippen LogP contribution in [0.1, 0.15) is 29.4 Å². The molecule has 6 nitrogen and oxygen atoms in total. The average Bonchev–Trinajstić information content (AvgIpc) is 2.68. The molecule has 1 aromatic heterocycles. The van der Waals surface area contributed by atoms with Crippen LogP contribution >= 0.6 is 0 Å².